The standard InChI is InChI=1S/C18H18FN3O2/c1-12-6-7-13(24-12)8-9-17(23)20-11-10-16-21-18-14(19)4-3-5-15(18)22(16)2/h3-9H,10-11H2,1-2H3,(H,20,23). The highest BCUT2D eigenvalue weighted by atomic mass is 19.1. The Labute approximate surface area is 138 Å². The number of benzene rings is 1. The Bertz CT molecular complexity index is 908. The van der Waals surface area contributed by atoms with Gasteiger partial charge in [0.15, 0.2) is 5.82 Å². The molecule has 0 fully saturated rings. The number of aryl methyl sites for hydroxylation is 2. The largest absolute Gasteiger partial charge is 0.462 e. The molecule has 1 N–H and O–H groups in total. The van der Waals surface area contributed by atoms with Crippen molar-refractivity contribution in [3.63, 3.8) is 0 Å². The SMILES string of the molecule is Cc1ccc(C=CC(=O)NCCc2nc3c(F)cccc3n2C)o1. The summed E-state index contributed by atoms with van der Waals surface area (Å²) in [6.07, 6.45) is 3.56. The van der Waals surface area contributed by atoms with E-state index >= 15 is 0 Å². The predicted octanol–water partition coefficient (Wildman–Crippen LogP) is 2.99. The molecule has 0 aliphatic carbocycles. The number of aromatic nitrogens is 2. The van der Waals surface area contributed by atoms with Crippen LogP contribution in [0.3, 0.4) is 0 Å². The van der Waals surface area contributed by atoms with Gasteiger partial charge in [0.25, 0.3) is 0 Å². The number of hydrogen-bond donors (Lipinski definition) is 1. The molecular formula is C18H18FN3O2. The molecule has 3 rings (SSSR count). The second-order valence-corrected chi connectivity index (χ2v) is 5.52. The molecule has 0 saturated heterocycles. The molecule has 0 saturated carbocycles. The second kappa shape index (κ2) is 6.70. The van der Waals surface area contributed by atoms with Crippen LogP contribution < -0.4 is 5.32 Å². The van der Waals surface area contributed by atoms with E-state index in [1.54, 1.807) is 18.2 Å². The van der Waals surface area contributed by atoms with Crippen molar-refractivity contribution in [3.05, 3.63) is 59.6 Å². The van der Waals surface area contributed by atoms with Crippen LogP contribution in [0.2, 0.25) is 0 Å². The lowest BCUT2D eigenvalue weighted by molar-refractivity contribution is -0.116. The van der Waals surface area contributed by atoms with Crippen LogP contribution in [-0.4, -0.2) is 22.0 Å². The van der Waals surface area contributed by atoms with Crippen molar-refractivity contribution in [2.75, 3.05) is 6.54 Å². The summed E-state index contributed by atoms with van der Waals surface area (Å²) >= 11 is 0. The van der Waals surface area contributed by atoms with E-state index in [0.717, 1.165) is 17.1 Å². The number of imidazole rings is 1. The van der Waals surface area contributed by atoms with Gasteiger partial charge in [-0.05, 0) is 37.3 Å². The number of nitrogens with one attached hydrogen (secondary N) is 1. The highest BCUT2D eigenvalue weighted by Crippen LogP contribution is 2.18. The first-order chi connectivity index (χ1) is 11.5. The van der Waals surface area contributed by atoms with Crippen LogP contribution in [0.1, 0.15) is 17.3 Å². The zero-order valence-electron chi connectivity index (χ0n) is 13.5. The first-order valence-corrected chi connectivity index (χ1v) is 7.67. The maximum Gasteiger partial charge on any atom is 0.244 e. The fraction of sp³-hybridized carbons (Fsp3) is 0.222. The lowest BCUT2D eigenvalue weighted by Gasteiger charge is -2.03. The van der Waals surface area contributed by atoms with Crippen molar-refractivity contribution in [2.45, 2.75) is 13.3 Å². The molecule has 5 nitrogen and oxygen atoms in total. The number of hydrogen-bond acceptors (Lipinski definition) is 3. The van der Waals surface area contributed by atoms with E-state index in [9.17, 15) is 9.18 Å². The zero-order valence-corrected chi connectivity index (χ0v) is 13.5. The number of carbonyl (C=O) groups excluding carboxylic acids is 1. The summed E-state index contributed by atoms with van der Waals surface area (Å²) in [5.74, 6) is 1.60. The van der Waals surface area contributed by atoms with E-state index in [-0.39, 0.29) is 11.7 Å². The molecule has 24 heavy (non-hydrogen) atoms. The number of amides is 1. The van der Waals surface area contributed by atoms with Gasteiger partial charge in [0.2, 0.25) is 5.91 Å². The lowest BCUT2D eigenvalue weighted by atomic mass is 10.3. The number of carbonyl (C=O) groups is 1. The summed E-state index contributed by atoms with van der Waals surface area (Å²) in [6.45, 7) is 2.26. The van der Waals surface area contributed by atoms with Gasteiger partial charge in [-0.15, -0.1) is 0 Å². The Kier molecular flexibility index (Phi) is 4.46. The van der Waals surface area contributed by atoms with Gasteiger partial charge in [-0.3, -0.25) is 4.79 Å². The van der Waals surface area contributed by atoms with E-state index in [0.29, 0.717) is 24.2 Å². The Hall–Kier alpha value is -2.89. The summed E-state index contributed by atoms with van der Waals surface area (Å²) in [5, 5.41) is 2.78. The molecule has 0 aliphatic heterocycles. The molecule has 2 heterocycles. The zero-order chi connectivity index (χ0) is 17.1. The Balaban J connectivity index is 1.58. The van der Waals surface area contributed by atoms with Crippen molar-refractivity contribution in [2.24, 2.45) is 7.05 Å². The van der Waals surface area contributed by atoms with Crippen molar-refractivity contribution in [1.82, 2.24) is 14.9 Å². The number of nitrogens with zero attached hydrogens (tertiary/aromatic N) is 2. The first-order valence-electron chi connectivity index (χ1n) is 7.67. The average molecular weight is 327 g/mol. The Morgan fingerprint density at radius 3 is 2.92 bits per heavy atom. The summed E-state index contributed by atoms with van der Waals surface area (Å²) in [6, 6.07) is 8.51. The minimum atomic E-state index is -0.338. The van der Waals surface area contributed by atoms with Crippen molar-refractivity contribution >= 4 is 23.0 Å². The van der Waals surface area contributed by atoms with E-state index in [2.05, 4.69) is 10.3 Å². The molecule has 0 spiro atoms. The normalized spacial score (nSPS) is 11.5. The number of para-hydroxylation sites is 1. The van der Waals surface area contributed by atoms with Crippen LogP contribution in [0.25, 0.3) is 17.1 Å². The number of fused-ring (bicyclic) bond motifs is 1. The van der Waals surface area contributed by atoms with Crippen molar-refractivity contribution in [1.29, 1.82) is 0 Å². The predicted molar refractivity (Wildman–Crippen MR) is 89.9 cm³/mol. The summed E-state index contributed by atoms with van der Waals surface area (Å²) in [7, 11) is 1.84. The van der Waals surface area contributed by atoms with Gasteiger partial charge in [0, 0.05) is 26.1 Å². The third-order valence-electron chi connectivity index (χ3n) is 3.76. The molecule has 1 aromatic carbocycles. The number of halogens is 1. The van der Waals surface area contributed by atoms with Gasteiger partial charge < -0.3 is 14.3 Å². The van der Waals surface area contributed by atoms with Crippen molar-refractivity contribution in [3.8, 4) is 0 Å². The van der Waals surface area contributed by atoms with Crippen LogP contribution in [-0.2, 0) is 18.3 Å². The molecule has 0 aliphatic rings. The van der Waals surface area contributed by atoms with Gasteiger partial charge in [-0.25, -0.2) is 9.37 Å². The quantitative estimate of drug-likeness (QED) is 0.733. The molecule has 3 aromatic rings. The Morgan fingerprint density at radius 2 is 2.21 bits per heavy atom. The average Bonchev–Trinajstić information content (AvgIpc) is 3.11. The smallest absolute Gasteiger partial charge is 0.244 e. The van der Waals surface area contributed by atoms with Gasteiger partial charge in [-0.2, -0.15) is 0 Å². The van der Waals surface area contributed by atoms with E-state index < -0.39 is 0 Å². The maximum atomic E-state index is 13.7. The van der Waals surface area contributed by atoms with Crippen LogP contribution in [0.15, 0.2) is 40.8 Å². The van der Waals surface area contributed by atoms with Gasteiger partial charge in [0.1, 0.15) is 22.9 Å². The molecule has 0 bridgehead atoms. The Morgan fingerprint density at radius 1 is 1.38 bits per heavy atom. The minimum Gasteiger partial charge on any atom is -0.462 e. The highest BCUT2D eigenvalue weighted by Gasteiger charge is 2.10. The summed E-state index contributed by atoms with van der Waals surface area (Å²) in [5.41, 5.74) is 1.10. The fourth-order valence-corrected chi connectivity index (χ4v) is 2.51. The third-order valence-corrected chi connectivity index (χ3v) is 3.76. The molecule has 1 amide bonds. The molecule has 0 radical (unpaired) electrons. The topological polar surface area (TPSA) is 60.1 Å². The van der Waals surface area contributed by atoms with Gasteiger partial charge in [0.05, 0.1) is 5.52 Å². The van der Waals surface area contributed by atoms with Crippen molar-refractivity contribution < 1.29 is 13.6 Å². The van der Waals surface area contributed by atoms with Crippen LogP contribution in [0.4, 0.5) is 4.39 Å². The third kappa shape index (κ3) is 3.37. The molecule has 6 heteroatoms. The highest BCUT2D eigenvalue weighted by molar-refractivity contribution is 5.91. The molecule has 0 atom stereocenters. The maximum absolute atomic E-state index is 13.7. The van der Waals surface area contributed by atoms with Crippen LogP contribution in [0.5, 0.6) is 0 Å². The van der Waals surface area contributed by atoms with Crippen LogP contribution >= 0.6 is 0 Å². The van der Waals surface area contributed by atoms with Gasteiger partial charge in [-0.1, -0.05) is 6.07 Å². The second-order valence-electron chi connectivity index (χ2n) is 5.52. The number of furan rings is 1. The number of rotatable bonds is 5. The van der Waals surface area contributed by atoms with Gasteiger partial charge >= 0.3 is 0 Å². The molecule has 0 unspecified atom stereocenters. The van der Waals surface area contributed by atoms with E-state index in [1.165, 1.54) is 12.1 Å². The monoisotopic (exact) mass is 327 g/mol. The van der Waals surface area contributed by atoms with Crippen LogP contribution in [0, 0.1) is 12.7 Å². The van der Waals surface area contributed by atoms with E-state index in [1.807, 2.05) is 30.7 Å². The summed E-state index contributed by atoms with van der Waals surface area (Å²) < 4.78 is 20.9. The molecule has 124 valence electrons. The first kappa shape index (κ1) is 16.0. The minimum absolute atomic E-state index is 0.214. The fourth-order valence-electron chi connectivity index (χ4n) is 2.51. The molecule has 2 aromatic heterocycles. The van der Waals surface area contributed by atoms with E-state index in [4.69, 9.17) is 4.42 Å². The summed E-state index contributed by atoms with van der Waals surface area (Å²) in [4.78, 5) is 16.1. The molecular weight excluding hydrogens is 309 g/mol. The lowest BCUT2D eigenvalue weighted by Crippen LogP contribution is -2.24.